The molecule has 0 unspecified atom stereocenters. The summed E-state index contributed by atoms with van der Waals surface area (Å²) >= 11 is 0. The van der Waals surface area contributed by atoms with Gasteiger partial charge in [0, 0.05) is 18.8 Å². The van der Waals surface area contributed by atoms with Crippen molar-refractivity contribution < 1.29 is 4.92 Å². The summed E-state index contributed by atoms with van der Waals surface area (Å²) in [6.45, 7) is 3.51. The van der Waals surface area contributed by atoms with E-state index in [1.54, 1.807) is 13.1 Å². The van der Waals surface area contributed by atoms with E-state index in [0.717, 1.165) is 24.9 Å². The van der Waals surface area contributed by atoms with Crippen molar-refractivity contribution in [3.05, 3.63) is 27.9 Å². The van der Waals surface area contributed by atoms with Gasteiger partial charge in [0.15, 0.2) is 0 Å². The fraction of sp³-hybridized carbons (Fsp3) is 0.583. The molecule has 1 N–H and O–H groups in total. The molecule has 1 rings (SSSR count). The molecule has 1 aromatic rings. The highest BCUT2D eigenvalue weighted by Crippen LogP contribution is 2.22. The quantitative estimate of drug-likeness (QED) is 0.457. The van der Waals surface area contributed by atoms with E-state index >= 15 is 0 Å². The maximum atomic E-state index is 10.9. The van der Waals surface area contributed by atoms with Crippen molar-refractivity contribution in [3.8, 4) is 0 Å². The predicted octanol–water partition coefficient (Wildman–Crippen LogP) is 2.05. The lowest BCUT2D eigenvalue weighted by Gasteiger charge is -2.10. The zero-order valence-electron chi connectivity index (χ0n) is 11.1. The predicted molar refractivity (Wildman–Crippen MR) is 71.9 cm³/mol. The van der Waals surface area contributed by atoms with Gasteiger partial charge >= 0.3 is 5.69 Å². The number of rotatable bonds is 7. The minimum atomic E-state index is -0.401. The van der Waals surface area contributed by atoms with Crippen LogP contribution in [0.4, 0.5) is 11.5 Å². The van der Waals surface area contributed by atoms with Crippen LogP contribution in [0.2, 0.25) is 0 Å². The molecule has 18 heavy (non-hydrogen) atoms. The third-order valence-corrected chi connectivity index (χ3v) is 2.53. The Kier molecular flexibility index (Phi) is 5.51. The van der Waals surface area contributed by atoms with Gasteiger partial charge in [-0.3, -0.25) is 10.1 Å². The summed E-state index contributed by atoms with van der Waals surface area (Å²) in [6.07, 6.45) is 3.65. The van der Waals surface area contributed by atoms with E-state index in [-0.39, 0.29) is 5.69 Å². The summed E-state index contributed by atoms with van der Waals surface area (Å²) in [4.78, 5) is 16.7. The molecule has 0 aliphatic heterocycles. The minimum absolute atomic E-state index is 0.0441. The average Bonchev–Trinajstić information content (AvgIpc) is 2.29. The normalized spacial score (nSPS) is 10.7. The Morgan fingerprint density at radius 1 is 1.44 bits per heavy atom. The summed E-state index contributed by atoms with van der Waals surface area (Å²) in [6, 6.07) is 1.54. The number of anilines is 1. The number of hydrogen-bond donors (Lipinski definition) is 1. The van der Waals surface area contributed by atoms with Gasteiger partial charge in [-0.1, -0.05) is 0 Å². The van der Waals surface area contributed by atoms with Gasteiger partial charge in [0.05, 0.1) is 4.92 Å². The van der Waals surface area contributed by atoms with Gasteiger partial charge in [0.25, 0.3) is 0 Å². The first-order valence-electron chi connectivity index (χ1n) is 6.00. The van der Waals surface area contributed by atoms with E-state index in [9.17, 15) is 10.1 Å². The highest BCUT2D eigenvalue weighted by Gasteiger charge is 2.14. The van der Waals surface area contributed by atoms with Crippen LogP contribution in [-0.2, 0) is 0 Å². The Labute approximate surface area is 107 Å². The van der Waals surface area contributed by atoms with Gasteiger partial charge in [-0.25, -0.2) is 4.98 Å². The first kappa shape index (κ1) is 14.4. The highest BCUT2D eigenvalue weighted by molar-refractivity contribution is 5.56. The third-order valence-electron chi connectivity index (χ3n) is 2.53. The SMILES string of the molecule is Cc1cnc(NCCCCN(C)C)c([N+](=O)[O-])c1. The number of hydrogen-bond acceptors (Lipinski definition) is 5. The van der Waals surface area contributed by atoms with Gasteiger partial charge in [-0.2, -0.15) is 0 Å². The molecule has 0 radical (unpaired) electrons. The molecule has 0 saturated carbocycles. The number of nitrogens with zero attached hydrogens (tertiary/aromatic N) is 3. The third kappa shape index (κ3) is 4.67. The Morgan fingerprint density at radius 3 is 2.78 bits per heavy atom. The number of unbranched alkanes of at least 4 members (excludes halogenated alkanes) is 1. The van der Waals surface area contributed by atoms with Crippen molar-refractivity contribution in [3.63, 3.8) is 0 Å². The van der Waals surface area contributed by atoms with Crippen molar-refractivity contribution in [2.75, 3.05) is 32.5 Å². The number of aryl methyl sites for hydroxylation is 1. The maximum Gasteiger partial charge on any atom is 0.311 e. The van der Waals surface area contributed by atoms with Crippen molar-refractivity contribution in [2.24, 2.45) is 0 Å². The summed E-state index contributed by atoms with van der Waals surface area (Å²) in [5.41, 5.74) is 0.836. The highest BCUT2D eigenvalue weighted by atomic mass is 16.6. The van der Waals surface area contributed by atoms with Crippen LogP contribution in [0.5, 0.6) is 0 Å². The van der Waals surface area contributed by atoms with Crippen molar-refractivity contribution in [1.82, 2.24) is 9.88 Å². The van der Waals surface area contributed by atoms with Crippen LogP contribution in [0.1, 0.15) is 18.4 Å². The van der Waals surface area contributed by atoms with E-state index in [4.69, 9.17) is 0 Å². The zero-order valence-corrected chi connectivity index (χ0v) is 11.1. The Hall–Kier alpha value is -1.69. The van der Waals surface area contributed by atoms with E-state index < -0.39 is 4.92 Å². The Balaban J connectivity index is 2.49. The molecule has 0 aliphatic carbocycles. The number of nitro groups is 1. The second-order valence-electron chi connectivity index (χ2n) is 4.57. The topological polar surface area (TPSA) is 71.3 Å². The molecule has 0 aromatic carbocycles. The van der Waals surface area contributed by atoms with Gasteiger partial charge in [0.1, 0.15) is 0 Å². The van der Waals surface area contributed by atoms with Crippen LogP contribution in [0, 0.1) is 17.0 Å². The van der Waals surface area contributed by atoms with E-state index in [1.165, 1.54) is 6.07 Å². The lowest BCUT2D eigenvalue weighted by molar-refractivity contribution is -0.384. The fourth-order valence-electron chi connectivity index (χ4n) is 1.59. The molecule has 1 aromatic heterocycles. The molecule has 0 bridgehead atoms. The summed E-state index contributed by atoms with van der Waals surface area (Å²) in [7, 11) is 4.06. The van der Waals surface area contributed by atoms with E-state index in [2.05, 4.69) is 15.2 Å². The standard InChI is InChI=1S/C12H20N4O2/c1-10-8-11(16(17)18)12(14-9-10)13-6-4-5-7-15(2)3/h8-9H,4-7H2,1-3H3,(H,13,14). The Morgan fingerprint density at radius 2 is 2.17 bits per heavy atom. The molecule has 1 heterocycles. The minimum Gasteiger partial charge on any atom is -0.364 e. The van der Waals surface area contributed by atoms with Crippen LogP contribution in [0.3, 0.4) is 0 Å². The van der Waals surface area contributed by atoms with Gasteiger partial charge in [0.2, 0.25) is 5.82 Å². The van der Waals surface area contributed by atoms with Crippen LogP contribution < -0.4 is 5.32 Å². The molecule has 0 fully saturated rings. The van der Waals surface area contributed by atoms with Gasteiger partial charge < -0.3 is 10.2 Å². The van der Waals surface area contributed by atoms with Crippen LogP contribution in [0.15, 0.2) is 12.3 Å². The first-order valence-corrected chi connectivity index (χ1v) is 6.00. The number of aromatic nitrogens is 1. The monoisotopic (exact) mass is 252 g/mol. The molecular formula is C12H20N4O2. The molecule has 6 nitrogen and oxygen atoms in total. The smallest absolute Gasteiger partial charge is 0.311 e. The number of pyridine rings is 1. The van der Waals surface area contributed by atoms with Crippen molar-refractivity contribution in [2.45, 2.75) is 19.8 Å². The lowest BCUT2D eigenvalue weighted by Crippen LogP contribution is -2.14. The van der Waals surface area contributed by atoms with Gasteiger partial charge in [-0.15, -0.1) is 0 Å². The van der Waals surface area contributed by atoms with Crippen LogP contribution in [-0.4, -0.2) is 42.0 Å². The summed E-state index contributed by atoms with van der Waals surface area (Å²) < 4.78 is 0. The maximum absolute atomic E-state index is 10.9. The molecule has 0 aliphatic rings. The first-order chi connectivity index (χ1) is 8.50. The van der Waals surface area contributed by atoms with Gasteiger partial charge in [-0.05, 0) is 46.0 Å². The lowest BCUT2D eigenvalue weighted by atomic mass is 10.2. The second-order valence-corrected chi connectivity index (χ2v) is 4.57. The molecular weight excluding hydrogens is 232 g/mol. The summed E-state index contributed by atoms with van der Waals surface area (Å²) in [5, 5.41) is 13.9. The molecule has 0 spiro atoms. The van der Waals surface area contributed by atoms with Crippen LogP contribution in [0.25, 0.3) is 0 Å². The molecule has 100 valence electrons. The largest absolute Gasteiger partial charge is 0.364 e. The molecule has 0 saturated heterocycles. The average molecular weight is 252 g/mol. The fourth-order valence-corrected chi connectivity index (χ4v) is 1.59. The van der Waals surface area contributed by atoms with Crippen molar-refractivity contribution >= 4 is 11.5 Å². The second kappa shape index (κ2) is 6.90. The zero-order chi connectivity index (χ0) is 13.5. The molecule has 0 atom stereocenters. The number of nitrogens with one attached hydrogen (secondary N) is 1. The Bertz CT molecular complexity index is 407. The van der Waals surface area contributed by atoms with Crippen LogP contribution >= 0.6 is 0 Å². The van der Waals surface area contributed by atoms with Crippen molar-refractivity contribution in [1.29, 1.82) is 0 Å². The summed E-state index contributed by atoms with van der Waals surface area (Å²) in [5.74, 6) is 0.357. The molecule has 6 heteroatoms. The molecule has 0 amide bonds. The van der Waals surface area contributed by atoms with E-state index in [1.807, 2.05) is 14.1 Å². The van der Waals surface area contributed by atoms with E-state index in [0.29, 0.717) is 12.4 Å².